The fourth-order valence-electron chi connectivity index (χ4n) is 2.75. The first kappa shape index (κ1) is 11.4. The number of nitrogens with one attached hydrogen (secondary N) is 1. The predicted octanol–water partition coefficient (Wildman–Crippen LogP) is 2.39. The van der Waals surface area contributed by atoms with Crippen LogP contribution >= 0.6 is 0 Å². The van der Waals surface area contributed by atoms with Gasteiger partial charge in [0.1, 0.15) is 0 Å². The zero-order valence-corrected chi connectivity index (χ0v) is 10.2. The second kappa shape index (κ2) is 5.86. The van der Waals surface area contributed by atoms with Crippen molar-refractivity contribution in [1.82, 2.24) is 10.2 Å². The van der Waals surface area contributed by atoms with Crippen LogP contribution in [-0.2, 0) is 0 Å². The normalized spacial score (nSPS) is 22.8. The highest BCUT2D eigenvalue weighted by molar-refractivity contribution is 4.85. The molecule has 0 bridgehead atoms. The van der Waals surface area contributed by atoms with Gasteiger partial charge in [0.25, 0.3) is 0 Å². The highest BCUT2D eigenvalue weighted by atomic mass is 15.2. The summed E-state index contributed by atoms with van der Waals surface area (Å²) >= 11 is 0. The van der Waals surface area contributed by atoms with E-state index in [1.54, 1.807) is 0 Å². The SMILES string of the molecule is CCCN(CCNC1CCCC1)C1CC1. The Labute approximate surface area is 94.4 Å². The van der Waals surface area contributed by atoms with Crippen LogP contribution in [-0.4, -0.2) is 36.6 Å². The van der Waals surface area contributed by atoms with Gasteiger partial charge in [-0.25, -0.2) is 0 Å². The minimum absolute atomic E-state index is 0.840. The van der Waals surface area contributed by atoms with Crippen molar-refractivity contribution >= 4 is 0 Å². The molecule has 0 amide bonds. The largest absolute Gasteiger partial charge is 0.313 e. The lowest BCUT2D eigenvalue weighted by molar-refractivity contribution is 0.259. The van der Waals surface area contributed by atoms with E-state index in [9.17, 15) is 0 Å². The second-order valence-corrected chi connectivity index (χ2v) is 5.20. The number of hydrogen-bond acceptors (Lipinski definition) is 2. The maximum absolute atomic E-state index is 3.71. The van der Waals surface area contributed by atoms with Crippen LogP contribution in [0.5, 0.6) is 0 Å². The van der Waals surface area contributed by atoms with Crippen LogP contribution in [0.2, 0.25) is 0 Å². The first-order valence-corrected chi connectivity index (χ1v) is 6.87. The van der Waals surface area contributed by atoms with Gasteiger partial charge in [-0.1, -0.05) is 19.8 Å². The maximum atomic E-state index is 3.71. The van der Waals surface area contributed by atoms with Gasteiger partial charge >= 0.3 is 0 Å². The average Bonchev–Trinajstić information content (AvgIpc) is 2.96. The number of hydrogen-bond donors (Lipinski definition) is 1. The van der Waals surface area contributed by atoms with Gasteiger partial charge < -0.3 is 5.32 Å². The fraction of sp³-hybridized carbons (Fsp3) is 1.00. The topological polar surface area (TPSA) is 15.3 Å². The van der Waals surface area contributed by atoms with E-state index in [0.717, 1.165) is 12.1 Å². The van der Waals surface area contributed by atoms with E-state index >= 15 is 0 Å². The molecule has 0 saturated heterocycles. The van der Waals surface area contributed by atoms with Crippen LogP contribution < -0.4 is 5.32 Å². The van der Waals surface area contributed by atoms with Crippen LogP contribution in [0.25, 0.3) is 0 Å². The molecule has 0 atom stereocenters. The molecule has 0 unspecified atom stereocenters. The highest BCUT2D eigenvalue weighted by Gasteiger charge is 2.27. The average molecular weight is 210 g/mol. The second-order valence-electron chi connectivity index (χ2n) is 5.20. The standard InChI is InChI=1S/C13H26N2/c1-2-10-15(13-7-8-13)11-9-14-12-5-3-4-6-12/h12-14H,2-11H2,1H3. The third-order valence-electron chi connectivity index (χ3n) is 3.76. The molecule has 2 fully saturated rings. The van der Waals surface area contributed by atoms with Gasteiger partial charge in [0.15, 0.2) is 0 Å². The van der Waals surface area contributed by atoms with Crippen molar-refractivity contribution in [2.75, 3.05) is 19.6 Å². The summed E-state index contributed by atoms with van der Waals surface area (Å²) in [6.45, 7) is 6.08. The Kier molecular flexibility index (Phi) is 4.45. The van der Waals surface area contributed by atoms with Crippen LogP contribution in [0, 0.1) is 0 Å². The third kappa shape index (κ3) is 3.76. The van der Waals surface area contributed by atoms with E-state index in [4.69, 9.17) is 0 Å². The van der Waals surface area contributed by atoms with E-state index in [1.165, 1.54) is 64.6 Å². The van der Waals surface area contributed by atoms with Crippen molar-refractivity contribution in [3.8, 4) is 0 Å². The summed E-state index contributed by atoms with van der Waals surface area (Å²) in [6.07, 6.45) is 9.92. The Hall–Kier alpha value is -0.0800. The molecule has 2 aliphatic carbocycles. The molecule has 0 aliphatic heterocycles. The van der Waals surface area contributed by atoms with Crippen LogP contribution in [0.1, 0.15) is 51.9 Å². The van der Waals surface area contributed by atoms with Crippen LogP contribution in [0.4, 0.5) is 0 Å². The maximum Gasteiger partial charge on any atom is 0.0110 e. The third-order valence-corrected chi connectivity index (χ3v) is 3.76. The molecular formula is C13H26N2. The minimum atomic E-state index is 0.840. The summed E-state index contributed by atoms with van der Waals surface area (Å²) in [5.41, 5.74) is 0. The van der Waals surface area contributed by atoms with E-state index in [-0.39, 0.29) is 0 Å². The molecular weight excluding hydrogens is 184 g/mol. The van der Waals surface area contributed by atoms with Crippen molar-refractivity contribution in [2.24, 2.45) is 0 Å². The minimum Gasteiger partial charge on any atom is -0.313 e. The summed E-state index contributed by atoms with van der Waals surface area (Å²) in [5, 5.41) is 3.71. The van der Waals surface area contributed by atoms with Crippen LogP contribution in [0.3, 0.4) is 0 Å². The Bertz CT molecular complexity index is 171. The molecule has 0 aromatic carbocycles. The summed E-state index contributed by atoms with van der Waals surface area (Å²) in [5.74, 6) is 0. The van der Waals surface area contributed by atoms with Crippen molar-refractivity contribution in [1.29, 1.82) is 0 Å². The van der Waals surface area contributed by atoms with Crippen molar-refractivity contribution < 1.29 is 0 Å². The van der Waals surface area contributed by atoms with Gasteiger partial charge in [-0.15, -0.1) is 0 Å². The molecule has 0 aromatic heterocycles. The summed E-state index contributed by atoms with van der Waals surface area (Å²) < 4.78 is 0. The number of nitrogens with zero attached hydrogens (tertiary/aromatic N) is 1. The molecule has 0 heterocycles. The van der Waals surface area contributed by atoms with Gasteiger partial charge in [-0.2, -0.15) is 0 Å². The predicted molar refractivity (Wildman–Crippen MR) is 65.1 cm³/mol. The Morgan fingerprint density at radius 1 is 1.07 bits per heavy atom. The molecule has 2 nitrogen and oxygen atoms in total. The highest BCUT2D eigenvalue weighted by Crippen LogP contribution is 2.26. The van der Waals surface area contributed by atoms with Crippen LogP contribution in [0.15, 0.2) is 0 Å². The summed E-state index contributed by atoms with van der Waals surface area (Å²) in [6, 6.07) is 1.78. The molecule has 2 saturated carbocycles. The molecule has 2 heteroatoms. The summed E-state index contributed by atoms with van der Waals surface area (Å²) in [4.78, 5) is 2.68. The quantitative estimate of drug-likeness (QED) is 0.694. The van der Waals surface area contributed by atoms with Crippen molar-refractivity contribution in [3.63, 3.8) is 0 Å². The molecule has 0 radical (unpaired) electrons. The van der Waals surface area contributed by atoms with Crippen molar-refractivity contribution in [3.05, 3.63) is 0 Å². The molecule has 0 aromatic rings. The number of rotatable bonds is 7. The first-order valence-electron chi connectivity index (χ1n) is 6.87. The van der Waals surface area contributed by atoms with E-state index in [1.807, 2.05) is 0 Å². The lowest BCUT2D eigenvalue weighted by Crippen LogP contribution is -2.37. The smallest absolute Gasteiger partial charge is 0.0110 e. The van der Waals surface area contributed by atoms with Gasteiger partial charge in [-0.3, -0.25) is 4.90 Å². The fourth-order valence-corrected chi connectivity index (χ4v) is 2.75. The lowest BCUT2D eigenvalue weighted by Gasteiger charge is -2.22. The van der Waals surface area contributed by atoms with Gasteiger partial charge in [0, 0.05) is 25.2 Å². The molecule has 0 spiro atoms. The van der Waals surface area contributed by atoms with Gasteiger partial charge in [0.05, 0.1) is 0 Å². The van der Waals surface area contributed by atoms with Gasteiger partial charge in [-0.05, 0) is 38.6 Å². The lowest BCUT2D eigenvalue weighted by atomic mass is 10.2. The van der Waals surface area contributed by atoms with E-state index in [2.05, 4.69) is 17.1 Å². The Morgan fingerprint density at radius 2 is 1.80 bits per heavy atom. The molecule has 15 heavy (non-hydrogen) atoms. The zero-order chi connectivity index (χ0) is 10.5. The van der Waals surface area contributed by atoms with E-state index in [0.29, 0.717) is 0 Å². The Morgan fingerprint density at radius 3 is 2.40 bits per heavy atom. The molecule has 1 N–H and O–H groups in total. The van der Waals surface area contributed by atoms with Crippen molar-refractivity contribution in [2.45, 2.75) is 64.0 Å². The summed E-state index contributed by atoms with van der Waals surface area (Å²) in [7, 11) is 0. The van der Waals surface area contributed by atoms with Gasteiger partial charge in [0.2, 0.25) is 0 Å². The first-order chi connectivity index (χ1) is 7.40. The monoisotopic (exact) mass is 210 g/mol. The Balaban J connectivity index is 1.57. The molecule has 88 valence electrons. The zero-order valence-electron chi connectivity index (χ0n) is 10.2. The van der Waals surface area contributed by atoms with E-state index < -0.39 is 0 Å². The molecule has 2 aliphatic rings. The molecule has 2 rings (SSSR count).